The van der Waals surface area contributed by atoms with Crippen molar-refractivity contribution in [1.29, 1.82) is 0 Å². The van der Waals surface area contributed by atoms with E-state index in [1.807, 2.05) is 13.8 Å². The number of nitrogens with one attached hydrogen (secondary N) is 2. The number of piperidine rings is 2. The van der Waals surface area contributed by atoms with Gasteiger partial charge in [-0.1, -0.05) is 13.8 Å². The third-order valence-corrected chi connectivity index (χ3v) is 3.65. The van der Waals surface area contributed by atoms with Gasteiger partial charge < -0.3 is 11.1 Å². The second kappa shape index (κ2) is 8.86. The van der Waals surface area contributed by atoms with Crippen molar-refractivity contribution in [1.82, 2.24) is 15.8 Å². The highest BCUT2D eigenvalue weighted by atomic mass is 15.5. The summed E-state index contributed by atoms with van der Waals surface area (Å²) in [4.78, 5) is 0. The topological polar surface area (TPSA) is 53.3 Å². The molecule has 2 aliphatic heterocycles. The van der Waals surface area contributed by atoms with Crippen LogP contribution in [0, 0.1) is 5.92 Å². The zero-order valence-electron chi connectivity index (χ0n) is 11.5. The van der Waals surface area contributed by atoms with Gasteiger partial charge in [0.25, 0.3) is 0 Å². The predicted octanol–water partition coefficient (Wildman–Crippen LogP) is 0.940. The zero-order valence-corrected chi connectivity index (χ0v) is 11.5. The molecule has 2 rings (SSSR count). The molecule has 0 bridgehead atoms. The molecule has 0 saturated carbocycles. The van der Waals surface area contributed by atoms with Crippen LogP contribution in [-0.4, -0.2) is 43.8 Å². The van der Waals surface area contributed by atoms with Crippen molar-refractivity contribution >= 4 is 0 Å². The highest BCUT2D eigenvalue weighted by Crippen LogP contribution is 2.15. The Hall–Kier alpha value is -0.160. The van der Waals surface area contributed by atoms with Gasteiger partial charge in [0.05, 0.1) is 0 Å². The molecule has 0 aromatic heterocycles. The second-order valence-electron chi connectivity index (χ2n) is 4.82. The van der Waals surface area contributed by atoms with Gasteiger partial charge in [0.2, 0.25) is 0 Å². The maximum Gasteiger partial charge on any atom is 0.0239 e. The van der Waals surface area contributed by atoms with Gasteiger partial charge in [0.1, 0.15) is 0 Å². The monoisotopic (exact) mass is 242 g/mol. The van der Waals surface area contributed by atoms with E-state index >= 15 is 0 Å². The molecule has 4 heteroatoms. The average Bonchev–Trinajstić information content (AvgIpc) is 2.43. The molecule has 2 heterocycles. The van der Waals surface area contributed by atoms with E-state index < -0.39 is 0 Å². The largest absolute Gasteiger partial charge is 0.330 e. The smallest absolute Gasteiger partial charge is 0.0239 e. The van der Waals surface area contributed by atoms with Gasteiger partial charge in [-0.3, -0.25) is 5.43 Å². The van der Waals surface area contributed by atoms with Crippen molar-refractivity contribution in [2.75, 3.05) is 32.7 Å². The molecule has 102 valence electrons. The molecule has 0 radical (unpaired) electrons. The van der Waals surface area contributed by atoms with E-state index in [9.17, 15) is 0 Å². The van der Waals surface area contributed by atoms with Crippen LogP contribution in [0.3, 0.4) is 0 Å². The van der Waals surface area contributed by atoms with E-state index in [0.717, 1.165) is 25.6 Å². The van der Waals surface area contributed by atoms with Gasteiger partial charge in [-0.05, 0) is 51.2 Å². The minimum absolute atomic E-state index is 0.695. The van der Waals surface area contributed by atoms with E-state index in [4.69, 9.17) is 5.73 Å². The van der Waals surface area contributed by atoms with E-state index in [-0.39, 0.29) is 0 Å². The lowest BCUT2D eigenvalue weighted by atomic mass is 9.98. The van der Waals surface area contributed by atoms with Crippen LogP contribution in [0.5, 0.6) is 0 Å². The standard InChI is InChI=1S/C11H24N4.C2H6/c12-9-10-3-7-15(8-4-10)14-11-1-5-13-6-2-11;1-2/h10-11,13-14H,1-9,12H2;1-2H3. The third kappa shape index (κ3) is 5.34. The normalized spacial score (nSPS) is 24.2. The molecule has 0 aliphatic carbocycles. The minimum atomic E-state index is 0.695. The Labute approximate surface area is 106 Å². The lowest BCUT2D eigenvalue weighted by Crippen LogP contribution is -2.51. The highest BCUT2D eigenvalue weighted by molar-refractivity contribution is 4.76. The van der Waals surface area contributed by atoms with Crippen LogP contribution in [0.2, 0.25) is 0 Å². The Balaban J connectivity index is 0.000000686. The summed E-state index contributed by atoms with van der Waals surface area (Å²) in [6.07, 6.45) is 5.04. The van der Waals surface area contributed by atoms with Crippen LogP contribution in [-0.2, 0) is 0 Å². The first-order valence-electron chi connectivity index (χ1n) is 7.30. The molecule has 2 aliphatic rings. The number of nitrogens with two attached hydrogens (primary N) is 1. The molecule has 0 amide bonds. The van der Waals surface area contributed by atoms with Crippen molar-refractivity contribution in [3.63, 3.8) is 0 Å². The van der Waals surface area contributed by atoms with Gasteiger partial charge in [0.15, 0.2) is 0 Å². The number of hydrazine groups is 1. The lowest BCUT2D eigenvalue weighted by molar-refractivity contribution is 0.0958. The van der Waals surface area contributed by atoms with Crippen LogP contribution in [0.15, 0.2) is 0 Å². The minimum Gasteiger partial charge on any atom is -0.330 e. The lowest BCUT2D eigenvalue weighted by Gasteiger charge is -2.36. The van der Waals surface area contributed by atoms with E-state index in [1.165, 1.54) is 38.8 Å². The van der Waals surface area contributed by atoms with Crippen molar-refractivity contribution in [2.45, 2.75) is 45.6 Å². The summed E-state index contributed by atoms with van der Waals surface area (Å²) in [7, 11) is 0. The van der Waals surface area contributed by atoms with Gasteiger partial charge in [0, 0.05) is 19.1 Å². The Morgan fingerprint density at radius 1 is 1.12 bits per heavy atom. The number of rotatable bonds is 3. The molecule has 17 heavy (non-hydrogen) atoms. The van der Waals surface area contributed by atoms with Crippen LogP contribution in [0.25, 0.3) is 0 Å². The Morgan fingerprint density at radius 2 is 1.71 bits per heavy atom. The first-order valence-corrected chi connectivity index (χ1v) is 7.30. The summed E-state index contributed by atoms with van der Waals surface area (Å²) in [6.45, 7) is 9.53. The quantitative estimate of drug-likeness (QED) is 0.689. The summed E-state index contributed by atoms with van der Waals surface area (Å²) in [6, 6.07) is 0.695. The zero-order chi connectivity index (χ0) is 12.5. The third-order valence-electron chi connectivity index (χ3n) is 3.65. The van der Waals surface area contributed by atoms with E-state index in [1.54, 1.807) is 0 Å². The molecule has 0 aromatic carbocycles. The van der Waals surface area contributed by atoms with Crippen molar-refractivity contribution in [3.8, 4) is 0 Å². The van der Waals surface area contributed by atoms with Gasteiger partial charge in [-0.2, -0.15) is 0 Å². The molecular formula is C13H30N4. The van der Waals surface area contributed by atoms with Gasteiger partial charge in [-0.15, -0.1) is 0 Å². The molecule has 4 nitrogen and oxygen atoms in total. The first kappa shape index (κ1) is 14.9. The van der Waals surface area contributed by atoms with Gasteiger partial charge >= 0.3 is 0 Å². The molecule has 0 spiro atoms. The van der Waals surface area contributed by atoms with E-state index in [0.29, 0.717) is 6.04 Å². The molecule has 2 saturated heterocycles. The summed E-state index contributed by atoms with van der Waals surface area (Å²) < 4.78 is 0. The molecule has 4 N–H and O–H groups in total. The SMILES string of the molecule is CC.NCC1CCN(NC2CCNCC2)CC1. The van der Waals surface area contributed by atoms with Gasteiger partial charge in [-0.25, -0.2) is 5.01 Å². The van der Waals surface area contributed by atoms with Crippen LogP contribution >= 0.6 is 0 Å². The predicted molar refractivity (Wildman–Crippen MR) is 73.7 cm³/mol. The van der Waals surface area contributed by atoms with Crippen LogP contribution < -0.4 is 16.5 Å². The number of nitrogens with zero attached hydrogens (tertiary/aromatic N) is 1. The van der Waals surface area contributed by atoms with Crippen LogP contribution in [0.1, 0.15) is 39.5 Å². The molecule has 0 aromatic rings. The van der Waals surface area contributed by atoms with Crippen LogP contribution in [0.4, 0.5) is 0 Å². The fraction of sp³-hybridized carbons (Fsp3) is 1.00. The molecule has 0 atom stereocenters. The van der Waals surface area contributed by atoms with Crippen molar-refractivity contribution in [3.05, 3.63) is 0 Å². The summed E-state index contributed by atoms with van der Waals surface area (Å²) in [5, 5.41) is 5.80. The van der Waals surface area contributed by atoms with Crippen molar-refractivity contribution < 1.29 is 0 Å². The van der Waals surface area contributed by atoms with Crippen molar-refractivity contribution in [2.24, 2.45) is 11.7 Å². The maximum atomic E-state index is 5.69. The average molecular weight is 242 g/mol. The number of hydrogen-bond donors (Lipinski definition) is 3. The number of hydrogen-bond acceptors (Lipinski definition) is 4. The Bertz CT molecular complexity index is 172. The highest BCUT2D eigenvalue weighted by Gasteiger charge is 2.21. The fourth-order valence-corrected chi connectivity index (χ4v) is 2.51. The summed E-state index contributed by atoms with van der Waals surface area (Å²) >= 11 is 0. The summed E-state index contributed by atoms with van der Waals surface area (Å²) in [5.41, 5.74) is 9.34. The Kier molecular flexibility index (Phi) is 7.77. The summed E-state index contributed by atoms with van der Waals surface area (Å²) in [5.74, 6) is 0.760. The maximum absolute atomic E-state index is 5.69. The first-order chi connectivity index (χ1) is 8.38. The molecule has 2 fully saturated rings. The Morgan fingerprint density at radius 3 is 2.24 bits per heavy atom. The fourth-order valence-electron chi connectivity index (χ4n) is 2.51. The van der Waals surface area contributed by atoms with E-state index in [2.05, 4.69) is 15.8 Å². The molecular weight excluding hydrogens is 212 g/mol. The second-order valence-corrected chi connectivity index (χ2v) is 4.82. The molecule has 0 unspecified atom stereocenters.